The summed E-state index contributed by atoms with van der Waals surface area (Å²) in [5.41, 5.74) is 2.19. The fraction of sp³-hybridized carbons (Fsp3) is 0.231. The average Bonchev–Trinajstić information content (AvgIpc) is 3.08. The number of aromatic nitrogens is 4. The molecule has 0 radical (unpaired) electrons. The van der Waals surface area contributed by atoms with Crippen LogP contribution in [0.5, 0.6) is 0 Å². The van der Waals surface area contributed by atoms with Crippen LogP contribution in [0.2, 0.25) is 0 Å². The molecule has 1 amide bonds. The van der Waals surface area contributed by atoms with Gasteiger partial charge in [-0.1, -0.05) is 23.5 Å². The molecule has 0 saturated carbocycles. The molecule has 0 saturated heterocycles. The van der Waals surface area contributed by atoms with Gasteiger partial charge in [0.25, 0.3) is 5.91 Å². The molecule has 0 atom stereocenters. The van der Waals surface area contributed by atoms with Crippen molar-refractivity contribution in [2.45, 2.75) is 19.9 Å². The van der Waals surface area contributed by atoms with Gasteiger partial charge in [0.05, 0.1) is 11.0 Å². The molecule has 1 N–H and O–H groups in total. The zero-order chi connectivity index (χ0) is 13.9. The maximum atomic E-state index is 12.0. The predicted octanol–water partition coefficient (Wildman–Crippen LogP) is 2.55. The van der Waals surface area contributed by atoms with Gasteiger partial charge >= 0.3 is 0 Å². The highest BCUT2D eigenvalue weighted by Crippen LogP contribution is 2.20. The number of para-hydroxylation sites is 2. The van der Waals surface area contributed by atoms with E-state index in [9.17, 15) is 4.79 Å². The van der Waals surface area contributed by atoms with Crippen molar-refractivity contribution in [1.82, 2.24) is 19.1 Å². The van der Waals surface area contributed by atoms with E-state index in [1.807, 2.05) is 28.8 Å². The van der Waals surface area contributed by atoms with Gasteiger partial charge in [0, 0.05) is 11.9 Å². The van der Waals surface area contributed by atoms with E-state index >= 15 is 0 Å². The minimum Gasteiger partial charge on any atom is -0.310 e. The Morgan fingerprint density at radius 1 is 1.40 bits per heavy atom. The zero-order valence-corrected chi connectivity index (χ0v) is 11.7. The standard InChI is InChI=1S/C13H13N5OS/c1-2-7-18-11-6-4-3-5-9(11)14-13(18)15-12(19)10-8-20-17-16-10/h3-6,8H,2,7H2,1H3,(H,14,15,19). The van der Waals surface area contributed by atoms with Gasteiger partial charge in [-0.2, -0.15) is 0 Å². The van der Waals surface area contributed by atoms with E-state index in [-0.39, 0.29) is 5.91 Å². The SMILES string of the molecule is CCCn1c(NC(=O)c2csnn2)nc2ccccc21. The summed E-state index contributed by atoms with van der Waals surface area (Å²) >= 11 is 1.15. The quantitative estimate of drug-likeness (QED) is 0.800. The first-order valence-electron chi connectivity index (χ1n) is 6.33. The molecular weight excluding hydrogens is 274 g/mol. The third-order valence-corrected chi connectivity index (χ3v) is 3.42. The monoisotopic (exact) mass is 287 g/mol. The Morgan fingerprint density at radius 3 is 3.00 bits per heavy atom. The number of nitrogens with one attached hydrogen (secondary N) is 1. The van der Waals surface area contributed by atoms with Crippen molar-refractivity contribution in [2.75, 3.05) is 5.32 Å². The lowest BCUT2D eigenvalue weighted by atomic mass is 10.3. The van der Waals surface area contributed by atoms with Crippen LogP contribution in [-0.2, 0) is 6.54 Å². The first kappa shape index (κ1) is 12.7. The van der Waals surface area contributed by atoms with Crippen molar-refractivity contribution in [3.63, 3.8) is 0 Å². The molecule has 102 valence electrons. The smallest absolute Gasteiger partial charge is 0.279 e. The van der Waals surface area contributed by atoms with E-state index in [2.05, 4.69) is 26.8 Å². The molecule has 3 aromatic rings. The average molecular weight is 287 g/mol. The number of benzene rings is 1. The van der Waals surface area contributed by atoms with E-state index in [1.165, 1.54) is 0 Å². The zero-order valence-electron chi connectivity index (χ0n) is 10.9. The van der Waals surface area contributed by atoms with Gasteiger partial charge in [-0.05, 0) is 30.1 Å². The molecule has 2 heterocycles. The van der Waals surface area contributed by atoms with Crippen LogP contribution in [0, 0.1) is 0 Å². The second-order valence-corrected chi connectivity index (χ2v) is 4.93. The minimum atomic E-state index is -0.286. The molecule has 0 aliphatic carbocycles. The summed E-state index contributed by atoms with van der Waals surface area (Å²) in [6, 6.07) is 7.83. The normalized spacial score (nSPS) is 10.8. The fourth-order valence-corrected chi connectivity index (χ4v) is 2.49. The first-order chi connectivity index (χ1) is 9.79. The molecule has 0 fully saturated rings. The van der Waals surface area contributed by atoms with Crippen LogP contribution in [0.3, 0.4) is 0 Å². The van der Waals surface area contributed by atoms with Crippen molar-refractivity contribution >= 4 is 34.4 Å². The van der Waals surface area contributed by atoms with Crippen LogP contribution >= 0.6 is 11.5 Å². The number of rotatable bonds is 4. The first-order valence-corrected chi connectivity index (χ1v) is 7.17. The lowest BCUT2D eigenvalue weighted by molar-refractivity contribution is 0.102. The lowest BCUT2D eigenvalue weighted by Crippen LogP contribution is -2.16. The lowest BCUT2D eigenvalue weighted by Gasteiger charge is -2.07. The Balaban J connectivity index is 1.98. The Labute approximate surface area is 119 Å². The van der Waals surface area contributed by atoms with E-state index < -0.39 is 0 Å². The van der Waals surface area contributed by atoms with E-state index in [0.29, 0.717) is 11.6 Å². The van der Waals surface area contributed by atoms with Gasteiger partial charge in [-0.3, -0.25) is 10.1 Å². The number of carbonyl (C=O) groups is 1. The number of carbonyl (C=O) groups excluding carboxylic acids is 1. The molecule has 0 bridgehead atoms. The van der Waals surface area contributed by atoms with Crippen molar-refractivity contribution < 1.29 is 4.79 Å². The summed E-state index contributed by atoms with van der Waals surface area (Å²) in [6.45, 7) is 2.89. The van der Waals surface area contributed by atoms with Crippen LogP contribution in [0.1, 0.15) is 23.8 Å². The topological polar surface area (TPSA) is 72.7 Å². The molecule has 0 aliphatic heterocycles. The molecule has 3 rings (SSSR count). The van der Waals surface area contributed by atoms with Crippen LogP contribution in [0.25, 0.3) is 11.0 Å². The van der Waals surface area contributed by atoms with Crippen LogP contribution in [-0.4, -0.2) is 25.0 Å². The summed E-state index contributed by atoms with van der Waals surface area (Å²) < 4.78 is 5.70. The van der Waals surface area contributed by atoms with Crippen molar-refractivity contribution in [3.8, 4) is 0 Å². The molecule has 2 aromatic heterocycles. The number of nitrogens with zero attached hydrogens (tertiary/aromatic N) is 4. The molecule has 0 spiro atoms. The molecule has 20 heavy (non-hydrogen) atoms. The number of amides is 1. The number of imidazole rings is 1. The number of aryl methyl sites for hydroxylation is 1. The predicted molar refractivity (Wildman–Crippen MR) is 77.9 cm³/mol. The Bertz CT molecular complexity index is 734. The van der Waals surface area contributed by atoms with E-state index in [1.54, 1.807) is 5.38 Å². The second kappa shape index (κ2) is 5.38. The van der Waals surface area contributed by atoms with Gasteiger partial charge in [-0.25, -0.2) is 4.98 Å². The largest absolute Gasteiger partial charge is 0.310 e. The maximum Gasteiger partial charge on any atom is 0.279 e. The summed E-state index contributed by atoms with van der Waals surface area (Å²) in [6.07, 6.45) is 0.960. The summed E-state index contributed by atoms with van der Waals surface area (Å²) in [4.78, 5) is 16.5. The molecule has 0 unspecified atom stereocenters. The summed E-state index contributed by atoms with van der Waals surface area (Å²) in [5, 5.41) is 8.18. The Kier molecular flexibility index (Phi) is 3.42. The van der Waals surface area contributed by atoms with Gasteiger partial charge < -0.3 is 4.57 Å². The third-order valence-electron chi connectivity index (χ3n) is 2.92. The number of anilines is 1. The fourth-order valence-electron chi connectivity index (χ4n) is 2.05. The molecule has 1 aromatic carbocycles. The molecule has 0 aliphatic rings. The highest BCUT2D eigenvalue weighted by Gasteiger charge is 2.15. The minimum absolute atomic E-state index is 0.286. The molecule has 6 nitrogen and oxygen atoms in total. The highest BCUT2D eigenvalue weighted by atomic mass is 32.1. The van der Waals surface area contributed by atoms with Crippen molar-refractivity contribution in [3.05, 3.63) is 35.3 Å². The number of hydrogen-bond donors (Lipinski definition) is 1. The van der Waals surface area contributed by atoms with Crippen molar-refractivity contribution in [1.29, 1.82) is 0 Å². The highest BCUT2D eigenvalue weighted by molar-refractivity contribution is 7.03. The summed E-state index contributed by atoms with van der Waals surface area (Å²) in [7, 11) is 0. The van der Waals surface area contributed by atoms with Crippen LogP contribution in [0.15, 0.2) is 29.6 Å². The van der Waals surface area contributed by atoms with E-state index in [4.69, 9.17) is 0 Å². The summed E-state index contributed by atoms with van der Waals surface area (Å²) in [5.74, 6) is 0.262. The van der Waals surface area contributed by atoms with Crippen LogP contribution < -0.4 is 5.32 Å². The Morgan fingerprint density at radius 2 is 2.25 bits per heavy atom. The van der Waals surface area contributed by atoms with E-state index in [0.717, 1.165) is 35.5 Å². The number of hydrogen-bond acceptors (Lipinski definition) is 5. The van der Waals surface area contributed by atoms with Gasteiger partial charge in [0.1, 0.15) is 0 Å². The second-order valence-electron chi connectivity index (χ2n) is 4.32. The molecular formula is C13H13N5OS. The van der Waals surface area contributed by atoms with Crippen molar-refractivity contribution in [2.24, 2.45) is 0 Å². The third kappa shape index (κ3) is 2.27. The number of fused-ring (bicyclic) bond motifs is 1. The Hall–Kier alpha value is -2.28. The van der Waals surface area contributed by atoms with Crippen LogP contribution in [0.4, 0.5) is 5.95 Å². The van der Waals surface area contributed by atoms with Gasteiger partial charge in [0.15, 0.2) is 5.69 Å². The van der Waals surface area contributed by atoms with Gasteiger partial charge in [0.2, 0.25) is 5.95 Å². The molecule has 7 heteroatoms. The maximum absolute atomic E-state index is 12.0. The van der Waals surface area contributed by atoms with Gasteiger partial charge in [-0.15, -0.1) is 5.10 Å².